The monoisotopic (exact) mass is 298 g/mol. The van der Waals surface area contributed by atoms with Gasteiger partial charge in [-0.2, -0.15) is 0 Å². The molecule has 1 atom stereocenters. The molecule has 1 rings (SSSR count). The summed E-state index contributed by atoms with van der Waals surface area (Å²) in [5, 5.41) is 15.3. The molecule has 0 aromatic heterocycles. The van der Waals surface area contributed by atoms with E-state index >= 15 is 0 Å². The first kappa shape index (κ1) is 17.8. The highest BCUT2D eigenvalue weighted by Gasteiger charge is 2.44. The van der Waals surface area contributed by atoms with E-state index in [1.54, 1.807) is 0 Å². The smallest absolute Gasteiger partial charge is 0.234 e. The summed E-state index contributed by atoms with van der Waals surface area (Å²) in [5.74, 6) is 0.273. The molecule has 4 N–H and O–H groups in total. The van der Waals surface area contributed by atoms with E-state index < -0.39 is 5.41 Å². The molecule has 1 saturated carbocycles. The molecule has 122 valence electrons. The first-order chi connectivity index (χ1) is 9.83. The lowest BCUT2D eigenvalue weighted by Gasteiger charge is -2.37. The minimum Gasteiger partial charge on any atom is -0.409 e. The predicted octanol–water partition coefficient (Wildman–Crippen LogP) is 1.39. The Morgan fingerprint density at radius 2 is 1.90 bits per heavy atom. The number of oxime groups is 1. The number of rotatable bonds is 6. The van der Waals surface area contributed by atoms with Crippen LogP contribution in [0.3, 0.4) is 0 Å². The highest BCUT2D eigenvalue weighted by molar-refractivity contribution is 6.06. The van der Waals surface area contributed by atoms with Gasteiger partial charge in [0.05, 0.1) is 0 Å². The third-order valence-electron chi connectivity index (χ3n) is 4.42. The molecule has 0 bridgehead atoms. The van der Waals surface area contributed by atoms with E-state index in [2.05, 4.69) is 29.2 Å². The van der Waals surface area contributed by atoms with Gasteiger partial charge in [-0.3, -0.25) is 4.79 Å². The second-order valence-electron chi connectivity index (χ2n) is 6.71. The Morgan fingerprint density at radius 1 is 1.33 bits per heavy atom. The maximum Gasteiger partial charge on any atom is 0.234 e. The summed E-state index contributed by atoms with van der Waals surface area (Å²) in [6.07, 6.45) is 4.27. The Bertz CT molecular complexity index is 374. The number of carbonyl (C=O) groups excluding carboxylic acids is 1. The number of amidine groups is 1. The zero-order valence-electron chi connectivity index (χ0n) is 13.7. The van der Waals surface area contributed by atoms with Gasteiger partial charge in [0.1, 0.15) is 5.41 Å². The molecule has 0 aromatic carbocycles. The van der Waals surface area contributed by atoms with Crippen molar-refractivity contribution >= 4 is 11.7 Å². The minimum atomic E-state index is -0.841. The van der Waals surface area contributed by atoms with Crippen LogP contribution in [0.2, 0.25) is 0 Å². The average molecular weight is 298 g/mol. The highest BCUT2D eigenvalue weighted by Crippen LogP contribution is 2.37. The summed E-state index contributed by atoms with van der Waals surface area (Å²) in [6.45, 7) is 4.95. The van der Waals surface area contributed by atoms with E-state index in [4.69, 9.17) is 10.9 Å². The van der Waals surface area contributed by atoms with Crippen molar-refractivity contribution in [3.8, 4) is 0 Å². The number of nitrogens with two attached hydrogens (primary N) is 1. The standard InChI is InChI=1S/C15H30N4O2/c1-11(2)12(10-19(3)4)17-14(20)15(13(16)18-21)8-6-5-7-9-15/h11-12,21H,5-10H2,1-4H3,(H2,16,18)(H,17,20). The summed E-state index contributed by atoms with van der Waals surface area (Å²) in [7, 11) is 3.98. The van der Waals surface area contributed by atoms with Crippen LogP contribution in [0.1, 0.15) is 46.0 Å². The number of carbonyl (C=O) groups is 1. The van der Waals surface area contributed by atoms with E-state index in [0.717, 1.165) is 25.8 Å². The fraction of sp³-hybridized carbons (Fsp3) is 0.867. The van der Waals surface area contributed by atoms with E-state index in [0.29, 0.717) is 18.8 Å². The van der Waals surface area contributed by atoms with Crippen LogP contribution in [0.15, 0.2) is 5.16 Å². The van der Waals surface area contributed by atoms with Crippen LogP contribution in [0.5, 0.6) is 0 Å². The molecule has 0 aromatic rings. The van der Waals surface area contributed by atoms with Gasteiger partial charge < -0.3 is 21.2 Å². The van der Waals surface area contributed by atoms with E-state index in [1.807, 2.05) is 14.1 Å². The number of amides is 1. The lowest BCUT2D eigenvalue weighted by atomic mass is 9.72. The summed E-state index contributed by atoms with van der Waals surface area (Å²) in [4.78, 5) is 14.9. The lowest BCUT2D eigenvalue weighted by Crippen LogP contribution is -2.55. The van der Waals surface area contributed by atoms with Gasteiger partial charge in [0, 0.05) is 12.6 Å². The fourth-order valence-electron chi connectivity index (χ4n) is 2.97. The number of hydrogen-bond acceptors (Lipinski definition) is 4. The van der Waals surface area contributed by atoms with Gasteiger partial charge in [-0.25, -0.2) is 0 Å². The van der Waals surface area contributed by atoms with Crippen molar-refractivity contribution in [2.75, 3.05) is 20.6 Å². The number of hydrogen-bond donors (Lipinski definition) is 3. The number of nitrogens with one attached hydrogen (secondary N) is 1. The Balaban J connectivity index is 2.90. The van der Waals surface area contributed by atoms with Crippen molar-refractivity contribution in [1.82, 2.24) is 10.2 Å². The molecular weight excluding hydrogens is 268 g/mol. The fourth-order valence-corrected chi connectivity index (χ4v) is 2.97. The molecule has 1 amide bonds. The molecule has 6 heteroatoms. The van der Waals surface area contributed by atoms with Gasteiger partial charge >= 0.3 is 0 Å². The molecule has 0 saturated heterocycles. The van der Waals surface area contributed by atoms with E-state index in [1.165, 1.54) is 0 Å². The molecule has 0 heterocycles. The van der Waals surface area contributed by atoms with Crippen molar-refractivity contribution < 1.29 is 10.0 Å². The molecule has 0 spiro atoms. The van der Waals surface area contributed by atoms with Gasteiger partial charge in [-0.1, -0.05) is 38.3 Å². The highest BCUT2D eigenvalue weighted by atomic mass is 16.4. The van der Waals surface area contributed by atoms with Crippen LogP contribution in [-0.4, -0.2) is 48.5 Å². The second kappa shape index (κ2) is 7.64. The first-order valence-corrected chi connectivity index (χ1v) is 7.77. The Kier molecular flexibility index (Phi) is 6.45. The molecule has 0 aliphatic heterocycles. The first-order valence-electron chi connectivity index (χ1n) is 7.77. The summed E-state index contributed by atoms with van der Waals surface area (Å²) in [5.41, 5.74) is 5.02. The third kappa shape index (κ3) is 4.33. The zero-order valence-corrected chi connectivity index (χ0v) is 13.7. The van der Waals surface area contributed by atoms with Crippen LogP contribution in [0.4, 0.5) is 0 Å². The molecule has 1 aliphatic carbocycles. The van der Waals surface area contributed by atoms with Gasteiger partial charge in [0.15, 0.2) is 5.84 Å². The molecule has 21 heavy (non-hydrogen) atoms. The maximum absolute atomic E-state index is 12.8. The van der Waals surface area contributed by atoms with Crippen molar-refractivity contribution in [2.24, 2.45) is 22.2 Å². The summed E-state index contributed by atoms with van der Waals surface area (Å²) in [6, 6.07) is 0.0535. The number of nitrogens with zero attached hydrogens (tertiary/aromatic N) is 2. The van der Waals surface area contributed by atoms with Crippen LogP contribution < -0.4 is 11.1 Å². The normalized spacial score (nSPS) is 20.6. The van der Waals surface area contributed by atoms with Crippen molar-refractivity contribution in [1.29, 1.82) is 0 Å². The minimum absolute atomic E-state index is 0.0482. The summed E-state index contributed by atoms with van der Waals surface area (Å²) >= 11 is 0. The molecule has 1 unspecified atom stereocenters. The van der Waals surface area contributed by atoms with Gasteiger partial charge in [0.2, 0.25) is 5.91 Å². The van der Waals surface area contributed by atoms with Crippen LogP contribution in [0, 0.1) is 11.3 Å². The number of likely N-dealkylation sites (N-methyl/N-ethyl adjacent to an activating group) is 1. The van der Waals surface area contributed by atoms with Crippen molar-refractivity contribution in [3.63, 3.8) is 0 Å². The van der Waals surface area contributed by atoms with E-state index in [9.17, 15) is 4.79 Å². The molecule has 1 fully saturated rings. The Hall–Kier alpha value is -1.30. The van der Waals surface area contributed by atoms with E-state index in [-0.39, 0.29) is 17.8 Å². The van der Waals surface area contributed by atoms with Crippen LogP contribution in [-0.2, 0) is 4.79 Å². The maximum atomic E-state index is 12.8. The van der Waals surface area contributed by atoms with Crippen molar-refractivity contribution in [3.05, 3.63) is 0 Å². The summed E-state index contributed by atoms with van der Waals surface area (Å²) < 4.78 is 0. The Labute approximate surface area is 127 Å². The van der Waals surface area contributed by atoms with Crippen molar-refractivity contribution in [2.45, 2.75) is 52.0 Å². The second-order valence-corrected chi connectivity index (χ2v) is 6.71. The molecule has 6 nitrogen and oxygen atoms in total. The quantitative estimate of drug-likeness (QED) is 0.299. The predicted molar refractivity (Wildman–Crippen MR) is 84.2 cm³/mol. The van der Waals surface area contributed by atoms with Crippen LogP contribution >= 0.6 is 0 Å². The largest absolute Gasteiger partial charge is 0.409 e. The van der Waals surface area contributed by atoms with Gasteiger partial charge in [-0.05, 0) is 32.9 Å². The van der Waals surface area contributed by atoms with Crippen LogP contribution in [0.25, 0.3) is 0 Å². The molecule has 0 radical (unpaired) electrons. The third-order valence-corrected chi connectivity index (χ3v) is 4.42. The topological polar surface area (TPSA) is 91.0 Å². The lowest BCUT2D eigenvalue weighted by molar-refractivity contribution is -0.130. The zero-order chi connectivity index (χ0) is 16.0. The van der Waals surface area contributed by atoms with Gasteiger partial charge in [0.25, 0.3) is 0 Å². The van der Waals surface area contributed by atoms with Gasteiger partial charge in [-0.15, -0.1) is 0 Å². The SMILES string of the molecule is CC(C)C(CN(C)C)NC(=O)C1(C(N)=NO)CCCCC1. The average Bonchev–Trinajstić information content (AvgIpc) is 2.45. The Morgan fingerprint density at radius 3 is 2.33 bits per heavy atom. The molecule has 1 aliphatic rings. The molecular formula is C15H30N4O2.